The molecule has 0 aliphatic rings. The first-order chi connectivity index (χ1) is 9.58. The van der Waals surface area contributed by atoms with Crippen LogP contribution in [0, 0.1) is 0 Å². The first-order valence-corrected chi connectivity index (χ1v) is 6.64. The summed E-state index contributed by atoms with van der Waals surface area (Å²) in [6, 6.07) is -0.637. The van der Waals surface area contributed by atoms with E-state index in [1.165, 1.54) is 4.68 Å². The van der Waals surface area contributed by atoms with Gasteiger partial charge in [0.1, 0.15) is 5.69 Å². The van der Waals surface area contributed by atoms with E-state index in [0.717, 1.165) is 6.54 Å². The van der Waals surface area contributed by atoms with Crippen LogP contribution >= 0.6 is 0 Å². The molecule has 114 valence electrons. The number of hydrogen-bond acceptors (Lipinski definition) is 7. The highest BCUT2D eigenvalue weighted by Gasteiger charge is 2.24. The van der Waals surface area contributed by atoms with E-state index in [1.807, 2.05) is 19.0 Å². The van der Waals surface area contributed by atoms with Crippen molar-refractivity contribution < 1.29 is 14.6 Å². The van der Waals surface area contributed by atoms with Gasteiger partial charge in [-0.15, -0.1) is 5.10 Å². The van der Waals surface area contributed by atoms with Crippen LogP contribution in [0.2, 0.25) is 0 Å². The highest BCUT2D eigenvalue weighted by atomic mass is 16.5. The molecule has 20 heavy (non-hydrogen) atoms. The summed E-state index contributed by atoms with van der Waals surface area (Å²) in [5.74, 6) is -0.373. The first-order valence-electron chi connectivity index (χ1n) is 6.64. The Bertz CT molecular complexity index is 408. The standard InChI is InChI=1S/C12H23N5O3/c1-4-20-12(19)11(13-5-6-16(2)3)10-9-17(7-8-18)15-14-10/h9,11,13,18H,4-8H2,1-3H3. The van der Waals surface area contributed by atoms with E-state index < -0.39 is 6.04 Å². The molecule has 8 nitrogen and oxygen atoms in total. The summed E-state index contributed by atoms with van der Waals surface area (Å²) >= 11 is 0. The van der Waals surface area contributed by atoms with Crippen LogP contribution in [0.25, 0.3) is 0 Å². The average Bonchev–Trinajstić information content (AvgIpc) is 2.83. The molecule has 0 spiro atoms. The molecule has 0 radical (unpaired) electrons. The summed E-state index contributed by atoms with van der Waals surface area (Å²) in [5.41, 5.74) is 0.496. The minimum absolute atomic E-state index is 0.0269. The van der Waals surface area contributed by atoms with Crippen LogP contribution in [0.4, 0.5) is 0 Å². The molecule has 0 amide bonds. The Kier molecular flexibility index (Phi) is 7.13. The van der Waals surface area contributed by atoms with Gasteiger partial charge in [-0.3, -0.25) is 5.32 Å². The zero-order valence-electron chi connectivity index (χ0n) is 12.2. The van der Waals surface area contributed by atoms with Crippen molar-refractivity contribution in [2.24, 2.45) is 0 Å². The second-order valence-corrected chi connectivity index (χ2v) is 4.57. The smallest absolute Gasteiger partial charge is 0.329 e. The maximum atomic E-state index is 12.0. The first kappa shape index (κ1) is 16.5. The maximum Gasteiger partial charge on any atom is 0.329 e. The molecule has 1 aromatic heterocycles. The second-order valence-electron chi connectivity index (χ2n) is 4.57. The van der Waals surface area contributed by atoms with Crippen molar-refractivity contribution in [1.82, 2.24) is 25.2 Å². The van der Waals surface area contributed by atoms with E-state index in [4.69, 9.17) is 9.84 Å². The summed E-state index contributed by atoms with van der Waals surface area (Å²) in [6.07, 6.45) is 1.64. The summed E-state index contributed by atoms with van der Waals surface area (Å²) < 4.78 is 6.54. The third-order valence-electron chi connectivity index (χ3n) is 2.61. The molecule has 0 saturated heterocycles. The zero-order valence-corrected chi connectivity index (χ0v) is 12.2. The lowest BCUT2D eigenvalue weighted by Crippen LogP contribution is -2.35. The number of nitrogens with one attached hydrogen (secondary N) is 1. The molecule has 0 aliphatic heterocycles. The van der Waals surface area contributed by atoms with Crippen LogP contribution in [0.5, 0.6) is 0 Å². The van der Waals surface area contributed by atoms with E-state index in [9.17, 15) is 4.79 Å². The lowest BCUT2D eigenvalue weighted by Gasteiger charge is -2.16. The minimum Gasteiger partial charge on any atom is -0.465 e. The van der Waals surface area contributed by atoms with Crippen molar-refractivity contribution in [1.29, 1.82) is 0 Å². The highest BCUT2D eigenvalue weighted by molar-refractivity contribution is 5.76. The lowest BCUT2D eigenvalue weighted by atomic mass is 10.2. The van der Waals surface area contributed by atoms with Crippen LogP contribution in [0.3, 0.4) is 0 Å². The van der Waals surface area contributed by atoms with Gasteiger partial charge in [-0.2, -0.15) is 0 Å². The molecule has 0 aliphatic carbocycles. The summed E-state index contributed by atoms with van der Waals surface area (Å²) in [6.45, 7) is 3.82. The zero-order chi connectivity index (χ0) is 15.0. The van der Waals surface area contributed by atoms with Gasteiger partial charge in [-0.05, 0) is 21.0 Å². The van der Waals surface area contributed by atoms with Crippen molar-refractivity contribution >= 4 is 5.97 Å². The molecule has 0 fully saturated rings. The quantitative estimate of drug-likeness (QED) is 0.564. The van der Waals surface area contributed by atoms with Crippen molar-refractivity contribution in [3.63, 3.8) is 0 Å². The van der Waals surface area contributed by atoms with E-state index in [0.29, 0.717) is 25.4 Å². The van der Waals surface area contributed by atoms with Gasteiger partial charge < -0.3 is 14.7 Å². The molecule has 1 atom stereocenters. The van der Waals surface area contributed by atoms with Crippen molar-refractivity contribution in [2.75, 3.05) is 40.4 Å². The number of likely N-dealkylation sites (N-methyl/N-ethyl adjacent to an activating group) is 1. The summed E-state index contributed by atoms with van der Waals surface area (Å²) in [7, 11) is 3.91. The van der Waals surface area contributed by atoms with E-state index in [1.54, 1.807) is 13.1 Å². The molecule has 1 rings (SSSR count). The number of ether oxygens (including phenoxy) is 1. The Morgan fingerprint density at radius 2 is 2.35 bits per heavy atom. The number of nitrogens with zero attached hydrogens (tertiary/aromatic N) is 4. The number of carbonyl (C=O) groups is 1. The van der Waals surface area contributed by atoms with E-state index in [2.05, 4.69) is 15.6 Å². The Morgan fingerprint density at radius 1 is 1.60 bits per heavy atom. The predicted molar refractivity (Wildman–Crippen MR) is 73.0 cm³/mol. The molecule has 0 bridgehead atoms. The minimum atomic E-state index is -0.637. The normalized spacial score (nSPS) is 12.7. The predicted octanol–water partition coefficient (Wildman–Crippen LogP) is -0.974. The molecule has 2 N–H and O–H groups in total. The largest absolute Gasteiger partial charge is 0.465 e. The number of carbonyl (C=O) groups excluding carboxylic acids is 1. The number of hydrogen-bond donors (Lipinski definition) is 2. The van der Waals surface area contributed by atoms with Crippen LogP contribution in [0.15, 0.2) is 6.20 Å². The van der Waals surface area contributed by atoms with Crippen LogP contribution in [-0.4, -0.2) is 71.4 Å². The second kappa shape index (κ2) is 8.62. The maximum absolute atomic E-state index is 12.0. The Labute approximate surface area is 118 Å². The van der Waals surface area contributed by atoms with Crippen molar-refractivity contribution in [3.05, 3.63) is 11.9 Å². The molecule has 1 aromatic rings. The fourth-order valence-corrected chi connectivity index (χ4v) is 1.62. The number of aliphatic hydroxyl groups excluding tert-OH is 1. The van der Waals surface area contributed by atoms with Gasteiger partial charge in [-0.1, -0.05) is 5.21 Å². The molecular formula is C12H23N5O3. The number of esters is 1. The fraction of sp³-hybridized carbons (Fsp3) is 0.750. The third kappa shape index (κ3) is 5.24. The molecule has 1 unspecified atom stereocenters. The Morgan fingerprint density at radius 3 is 2.95 bits per heavy atom. The van der Waals surface area contributed by atoms with Gasteiger partial charge in [0.2, 0.25) is 0 Å². The van der Waals surface area contributed by atoms with Crippen molar-refractivity contribution in [3.8, 4) is 0 Å². The van der Waals surface area contributed by atoms with Gasteiger partial charge in [-0.25, -0.2) is 9.48 Å². The molecule has 0 aromatic carbocycles. The molecule has 8 heteroatoms. The third-order valence-corrected chi connectivity index (χ3v) is 2.61. The van der Waals surface area contributed by atoms with Crippen LogP contribution < -0.4 is 5.32 Å². The van der Waals surface area contributed by atoms with Crippen LogP contribution in [-0.2, 0) is 16.1 Å². The highest BCUT2D eigenvalue weighted by Crippen LogP contribution is 2.11. The monoisotopic (exact) mass is 285 g/mol. The molecular weight excluding hydrogens is 262 g/mol. The van der Waals surface area contributed by atoms with Crippen LogP contribution in [0.1, 0.15) is 18.7 Å². The van der Waals surface area contributed by atoms with E-state index in [-0.39, 0.29) is 12.6 Å². The van der Waals surface area contributed by atoms with Gasteiger partial charge >= 0.3 is 5.97 Å². The Balaban J connectivity index is 2.71. The number of aromatic nitrogens is 3. The average molecular weight is 285 g/mol. The fourth-order valence-electron chi connectivity index (χ4n) is 1.62. The van der Waals surface area contributed by atoms with Gasteiger partial charge in [0, 0.05) is 13.1 Å². The van der Waals surface area contributed by atoms with Gasteiger partial charge in [0.15, 0.2) is 6.04 Å². The number of rotatable bonds is 9. The topological polar surface area (TPSA) is 92.5 Å². The summed E-state index contributed by atoms with van der Waals surface area (Å²) in [4.78, 5) is 14.0. The van der Waals surface area contributed by atoms with Crippen molar-refractivity contribution in [2.45, 2.75) is 19.5 Å². The Hall–Kier alpha value is -1.51. The van der Waals surface area contributed by atoms with E-state index >= 15 is 0 Å². The van der Waals surface area contributed by atoms with Gasteiger partial charge in [0.25, 0.3) is 0 Å². The summed E-state index contributed by atoms with van der Waals surface area (Å²) in [5, 5.41) is 19.8. The lowest BCUT2D eigenvalue weighted by molar-refractivity contribution is -0.146. The van der Waals surface area contributed by atoms with Gasteiger partial charge in [0.05, 0.1) is 26.0 Å². The SMILES string of the molecule is CCOC(=O)C(NCCN(C)C)c1cn(CCO)nn1. The molecule has 0 saturated carbocycles. The number of aliphatic hydroxyl groups is 1. The molecule has 1 heterocycles.